The quantitative estimate of drug-likeness (QED) is 0.845. The number of halogens is 2. The first-order valence-corrected chi connectivity index (χ1v) is 5.50. The number of carbonyl (C=O) groups is 1. The van der Waals surface area contributed by atoms with Gasteiger partial charge in [0, 0.05) is 22.0 Å². The summed E-state index contributed by atoms with van der Waals surface area (Å²) in [7, 11) is 0. The lowest BCUT2D eigenvalue weighted by Crippen LogP contribution is -2.28. The van der Waals surface area contributed by atoms with Crippen LogP contribution in [0.2, 0.25) is 0 Å². The van der Waals surface area contributed by atoms with E-state index in [2.05, 4.69) is 21.2 Å². The molecular weight excluding hydrogens is 265 g/mol. The van der Waals surface area contributed by atoms with Crippen LogP contribution in [0.1, 0.15) is 17.3 Å². The molecule has 0 saturated carbocycles. The minimum atomic E-state index is -0.0983. The molecule has 0 aliphatic heterocycles. The lowest BCUT2D eigenvalue weighted by atomic mass is 10.2. The Hall–Kier alpha value is -0.540. The average Bonchev–Trinajstić information content (AvgIpc) is 2.14. The molecule has 0 aliphatic rings. The van der Waals surface area contributed by atoms with Crippen molar-refractivity contribution >= 4 is 33.4 Å². The van der Waals surface area contributed by atoms with Gasteiger partial charge in [-0.1, -0.05) is 22.0 Å². The fraction of sp³-hybridized carbons (Fsp3) is 0.300. The first-order chi connectivity index (χ1) is 6.59. The minimum Gasteiger partial charge on any atom is -0.351 e. The second kappa shape index (κ2) is 5.37. The van der Waals surface area contributed by atoms with Crippen molar-refractivity contribution in [3.05, 3.63) is 34.3 Å². The molecule has 0 spiro atoms. The Morgan fingerprint density at radius 2 is 2.36 bits per heavy atom. The van der Waals surface area contributed by atoms with Crippen LogP contribution >= 0.6 is 27.5 Å². The highest BCUT2D eigenvalue weighted by Gasteiger charge is 2.05. The lowest BCUT2D eigenvalue weighted by molar-refractivity contribution is 0.0954. The molecule has 0 fully saturated rings. The Balaban J connectivity index is 2.61. The van der Waals surface area contributed by atoms with E-state index in [0.717, 1.165) is 4.47 Å². The van der Waals surface area contributed by atoms with E-state index in [4.69, 9.17) is 11.6 Å². The minimum absolute atomic E-state index is 0.0499. The van der Waals surface area contributed by atoms with Gasteiger partial charge in [-0.3, -0.25) is 4.79 Å². The maximum absolute atomic E-state index is 11.5. The molecule has 0 aliphatic carbocycles. The normalized spacial score (nSPS) is 12.2. The molecule has 2 nitrogen and oxygen atoms in total. The highest BCUT2D eigenvalue weighted by Crippen LogP contribution is 2.11. The number of rotatable bonds is 3. The van der Waals surface area contributed by atoms with Crippen molar-refractivity contribution in [3.63, 3.8) is 0 Å². The van der Waals surface area contributed by atoms with E-state index in [1.165, 1.54) is 0 Å². The Morgan fingerprint density at radius 3 is 2.93 bits per heavy atom. The molecule has 0 aromatic heterocycles. The van der Waals surface area contributed by atoms with E-state index < -0.39 is 0 Å². The molecule has 14 heavy (non-hydrogen) atoms. The van der Waals surface area contributed by atoms with Gasteiger partial charge in [0.05, 0.1) is 0 Å². The van der Waals surface area contributed by atoms with Gasteiger partial charge in [-0.15, -0.1) is 11.6 Å². The van der Waals surface area contributed by atoms with E-state index in [1.54, 1.807) is 12.1 Å². The molecule has 1 aromatic carbocycles. The molecule has 76 valence electrons. The Labute approximate surface area is 96.8 Å². The van der Waals surface area contributed by atoms with Crippen LogP contribution in [0, 0.1) is 0 Å². The van der Waals surface area contributed by atoms with Crippen molar-refractivity contribution < 1.29 is 4.79 Å². The fourth-order valence-corrected chi connectivity index (χ4v) is 1.44. The third kappa shape index (κ3) is 3.68. The molecular formula is C10H11BrClNO. The smallest absolute Gasteiger partial charge is 0.251 e. The average molecular weight is 277 g/mol. The number of alkyl halides is 1. The van der Waals surface area contributed by atoms with Crippen LogP contribution in [0.5, 0.6) is 0 Å². The van der Waals surface area contributed by atoms with Crippen LogP contribution in [0.4, 0.5) is 0 Å². The van der Waals surface area contributed by atoms with Gasteiger partial charge in [0.1, 0.15) is 0 Å². The molecule has 0 heterocycles. The first kappa shape index (κ1) is 11.5. The Morgan fingerprint density at radius 1 is 1.64 bits per heavy atom. The van der Waals surface area contributed by atoms with Crippen molar-refractivity contribution in [1.29, 1.82) is 0 Å². The first-order valence-electron chi connectivity index (χ1n) is 4.27. The summed E-state index contributed by atoms with van der Waals surface area (Å²) in [5.41, 5.74) is 0.636. The molecule has 0 bridgehead atoms. The van der Waals surface area contributed by atoms with Gasteiger partial charge >= 0.3 is 0 Å². The monoisotopic (exact) mass is 275 g/mol. The van der Waals surface area contributed by atoms with Gasteiger partial charge in [-0.25, -0.2) is 0 Å². The highest BCUT2D eigenvalue weighted by atomic mass is 79.9. The predicted molar refractivity (Wildman–Crippen MR) is 61.8 cm³/mol. The third-order valence-corrected chi connectivity index (χ3v) is 2.28. The van der Waals surface area contributed by atoms with Gasteiger partial charge in [0.2, 0.25) is 0 Å². The molecule has 1 amide bonds. The molecule has 1 atom stereocenters. The van der Waals surface area contributed by atoms with Crippen molar-refractivity contribution in [3.8, 4) is 0 Å². The summed E-state index contributed by atoms with van der Waals surface area (Å²) < 4.78 is 0.893. The third-order valence-electron chi connectivity index (χ3n) is 1.63. The molecule has 4 heteroatoms. The van der Waals surface area contributed by atoms with Crippen molar-refractivity contribution in [2.75, 3.05) is 6.54 Å². The topological polar surface area (TPSA) is 29.1 Å². The van der Waals surface area contributed by atoms with Crippen molar-refractivity contribution in [2.24, 2.45) is 0 Å². The maximum atomic E-state index is 11.5. The van der Waals surface area contributed by atoms with Crippen LogP contribution in [-0.2, 0) is 0 Å². The van der Waals surface area contributed by atoms with Crippen LogP contribution in [0.25, 0.3) is 0 Å². The zero-order valence-corrected chi connectivity index (χ0v) is 10.1. The van der Waals surface area contributed by atoms with E-state index in [0.29, 0.717) is 12.1 Å². The number of amides is 1. The summed E-state index contributed by atoms with van der Waals surface area (Å²) in [5, 5.41) is 2.68. The summed E-state index contributed by atoms with van der Waals surface area (Å²) in [6.45, 7) is 2.32. The van der Waals surface area contributed by atoms with Crippen molar-refractivity contribution in [1.82, 2.24) is 5.32 Å². The number of carbonyl (C=O) groups excluding carboxylic acids is 1. The van der Waals surface area contributed by atoms with Crippen LogP contribution in [0.3, 0.4) is 0 Å². The maximum Gasteiger partial charge on any atom is 0.251 e. The zero-order valence-electron chi connectivity index (χ0n) is 7.76. The largest absolute Gasteiger partial charge is 0.351 e. The van der Waals surface area contributed by atoms with Gasteiger partial charge in [0.15, 0.2) is 0 Å². The number of nitrogens with one attached hydrogen (secondary N) is 1. The van der Waals surface area contributed by atoms with E-state index >= 15 is 0 Å². The highest BCUT2D eigenvalue weighted by molar-refractivity contribution is 9.10. The summed E-state index contributed by atoms with van der Waals surface area (Å²) in [6.07, 6.45) is 0. The zero-order chi connectivity index (χ0) is 10.6. The molecule has 1 rings (SSSR count). The van der Waals surface area contributed by atoms with E-state index in [1.807, 2.05) is 19.1 Å². The van der Waals surface area contributed by atoms with Gasteiger partial charge in [0.25, 0.3) is 5.91 Å². The Bertz CT molecular complexity index is 328. The number of hydrogen-bond donors (Lipinski definition) is 1. The molecule has 0 saturated heterocycles. The van der Waals surface area contributed by atoms with Crippen molar-refractivity contribution in [2.45, 2.75) is 12.3 Å². The summed E-state index contributed by atoms with van der Waals surface area (Å²) in [5.74, 6) is -0.0983. The van der Waals surface area contributed by atoms with Gasteiger partial charge < -0.3 is 5.32 Å². The van der Waals surface area contributed by atoms with Crippen LogP contribution in [-0.4, -0.2) is 17.8 Å². The van der Waals surface area contributed by atoms with E-state index in [9.17, 15) is 4.79 Å². The molecule has 1 N–H and O–H groups in total. The van der Waals surface area contributed by atoms with Crippen LogP contribution < -0.4 is 5.32 Å². The summed E-state index contributed by atoms with van der Waals surface area (Å²) in [4.78, 5) is 11.5. The molecule has 1 aromatic rings. The SMILES string of the molecule is CC(Cl)CNC(=O)c1cccc(Br)c1. The Kier molecular flexibility index (Phi) is 4.42. The molecule has 1 unspecified atom stereocenters. The van der Waals surface area contributed by atoms with Crippen LogP contribution in [0.15, 0.2) is 28.7 Å². The fourth-order valence-electron chi connectivity index (χ4n) is 0.965. The van der Waals surface area contributed by atoms with Gasteiger partial charge in [-0.05, 0) is 25.1 Å². The lowest BCUT2D eigenvalue weighted by Gasteiger charge is -2.06. The van der Waals surface area contributed by atoms with Gasteiger partial charge in [-0.2, -0.15) is 0 Å². The predicted octanol–water partition coefficient (Wildman–Crippen LogP) is 2.81. The molecule has 0 radical (unpaired) electrons. The standard InChI is InChI=1S/C10H11BrClNO/c1-7(12)6-13-10(14)8-3-2-4-9(11)5-8/h2-5,7H,6H2,1H3,(H,13,14). The van der Waals surface area contributed by atoms with E-state index in [-0.39, 0.29) is 11.3 Å². The second-order valence-electron chi connectivity index (χ2n) is 3.00. The number of benzene rings is 1. The summed E-state index contributed by atoms with van der Waals surface area (Å²) >= 11 is 9.02. The summed E-state index contributed by atoms with van der Waals surface area (Å²) in [6, 6.07) is 7.23. The number of hydrogen-bond acceptors (Lipinski definition) is 1. The second-order valence-corrected chi connectivity index (χ2v) is 4.66.